The van der Waals surface area contributed by atoms with E-state index in [1.807, 2.05) is 43.3 Å². The van der Waals surface area contributed by atoms with Crippen molar-refractivity contribution < 1.29 is 13.9 Å². The second-order valence-corrected chi connectivity index (χ2v) is 7.88. The van der Waals surface area contributed by atoms with Crippen LogP contribution in [-0.2, 0) is 24.4 Å². The van der Waals surface area contributed by atoms with E-state index in [9.17, 15) is 9.18 Å². The Morgan fingerprint density at radius 2 is 1.82 bits per heavy atom. The number of benzene rings is 3. The van der Waals surface area contributed by atoms with Crippen LogP contribution in [0.15, 0.2) is 89.6 Å². The van der Waals surface area contributed by atoms with Gasteiger partial charge in [-0.25, -0.2) is 4.39 Å². The van der Waals surface area contributed by atoms with Gasteiger partial charge in [0.1, 0.15) is 24.0 Å². The van der Waals surface area contributed by atoms with E-state index < -0.39 is 0 Å². The van der Waals surface area contributed by atoms with Gasteiger partial charge in [-0.2, -0.15) is 4.99 Å². The number of nitrogens with two attached hydrogens (primary N) is 1. The number of amides is 1. The number of carbonyl (C=O) groups excluding carboxylic acids is 1. The number of hydrogen-bond donors (Lipinski definition) is 2. The van der Waals surface area contributed by atoms with Gasteiger partial charge in [-0.3, -0.25) is 4.79 Å². The smallest absolute Gasteiger partial charge is 0.252 e. The van der Waals surface area contributed by atoms with Gasteiger partial charge in [0.25, 0.3) is 5.91 Å². The first-order valence-corrected chi connectivity index (χ1v) is 10.8. The third kappa shape index (κ3) is 8.09. The van der Waals surface area contributed by atoms with Crippen LogP contribution < -0.4 is 15.8 Å². The number of nitrogens with one attached hydrogen (secondary N) is 1. The number of hydrogen-bond acceptors (Lipinski definition) is 3. The maximum absolute atomic E-state index is 13.1. The molecule has 0 aliphatic rings. The zero-order valence-electron chi connectivity index (χ0n) is 18.2. The molecule has 0 saturated carbocycles. The summed E-state index contributed by atoms with van der Waals surface area (Å²) >= 11 is 6.16. The molecular formula is C26H25ClFN3O2. The lowest BCUT2D eigenvalue weighted by Crippen LogP contribution is -2.17. The summed E-state index contributed by atoms with van der Waals surface area (Å²) in [6.07, 6.45) is 1.80. The topological polar surface area (TPSA) is 76.7 Å². The van der Waals surface area contributed by atoms with Crippen molar-refractivity contribution in [2.45, 2.75) is 26.5 Å². The van der Waals surface area contributed by atoms with Crippen molar-refractivity contribution in [2.24, 2.45) is 10.7 Å². The van der Waals surface area contributed by atoms with E-state index in [1.54, 1.807) is 30.3 Å². The minimum absolute atomic E-state index is 0.125. The Morgan fingerprint density at radius 1 is 1.09 bits per heavy atom. The molecule has 3 N–H and O–H groups in total. The third-order valence-corrected chi connectivity index (χ3v) is 4.94. The second-order valence-electron chi connectivity index (χ2n) is 7.44. The first kappa shape index (κ1) is 24.0. The maximum atomic E-state index is 13.1. The van der Waals surface area contributed by atoms with E-state index >= 15 is 0 Å². The number of allylic oxidation sites excluding steroid dienone is 1. The van der Waals surface area contributed by atoms with Crippen molar-refractivity contribution in [1.82, 2.24) is 5.32 Å². The summed E-state index contributed by atoms with van der Waals surface area (Å²) in [6, 6.07) is 20.9. The molecule has 170 valence electrons. The molecule has 0 aliphatic heterocycles. The lowest BCUT2D eigenvalue weighted by Gasteiger charge is -2.14. The van der Waals surface area contributed by atoms with Crippen molar-refractivity contribution in [3.05, 3.63) is 112 Å². The van der Waals surface area contributed by atoms with Crippen LogP contribution in [0.4, 0.5) is 4.39 Å². The number of amidine groups is 1. The third-order valence-electron chi connectivity index (χ3n) is 4.70. The Bertz CT molecular complexity index is 1150. The van der Waals surface area contributed by atoms with Crippen molar-refractivity contribution in [3.63, 3.8) is 0 Å². The molecule has 0 aromatic heterocycles. The number of nitrogens with zero attached hydrogens (tertiary/aromatic N) is 1. The molecule has 0 spiro atoms. The molecule has 0 saturated heterocycles. The second kappa shape index (κ2) is 11.8. The zero-order valence-corrected chi connectivity index (χ0v) is 19.0. The number of carbonyl (C=O) groups is 1. The SMILES string of the molecule is C/C(=C/C(N)=NC(=O)Cc1ccccc1)NCc1cc(Cl)ccc1OCc1ccc(F)cc1. The molecule has 7 heteroatoms. The molecule has 0 bridgehead atoms. The van der Waals surface area contributed by atoms with Gasteiger partial charge in [-0.05, 0) is 54.5 Å². The van der Waals surface area contributed by atoms with E-state index in [1.165, 1.54) is 12.1 Å². The standard InChI is InChI=1S/C26H25ClFN3O2/c1-18(13-25(29)31-26(32)14-19-5-3-2-4-6-19)30-16-21-15-22(27)9-12-24(21)33-17-20-7-10-23(28)11-8-20/h2-13,15,30H,14,16-17H2,1H3,(H2,29,31,32)/b18-13-. The highest BCUT2D eigenvalue weighted by molar-refractivity contribution is 6.30. The quantitative estimate of drug-likeness (QED) is 0.337. The minimum atomic E-state index is -0.311. The van der Waals surface area contributed by atoms with E-state index in [0.29, 0.717) is 23.9 Å². The zero-order chi connectivity index (χ0) is 23.6. The van der Waals surface area contributed by atoms with Crippen LogP contribution in [-0.4, -0.2) is 11.7 Å². The minimum Gasteiger partial charge on any atom is -0.489 e. The summed E-state index contributed by atoms with van der Waals surface area (Å²) in [7, 11) is 0. The summed E-state index contributed by atoms with van der Waals surface area (Å²) in [5, 5.41) is 3.81. The van der Waals surface area contributed by atoms with E-state index in [-0.39, 0.29) is 24.0 Å². The van der Waals surface area contributed by atoms with Gasteiger partial charge >= 0.3 is 0 Å². The first-order valence-electron chi connectivity index (χ1n) is 10.4. The largest absolute Gasteiger partial charge is 0.489 e. The summed E-state index contributed by atoms with van der Waals surface area (Å²) < 4.78 is 19.0. The molecular weight excluding hydrogens is 441 g/mol. The molecule has 3 aromatic rings. The van der Waals surface area contributed by atoms with Gasteiger partial charge in [0, 0.05) is 22.8 Å². The van der Waals surface area contributed by atoms with Crippen LogP contribution in [0.5, 0.6) is 5.75 Å². The van der Waals surface area contributed by atoms with Crippen LogP contribution in [0.25, 0.3) is 0 Å². The normalized spacial score (nSPS) is 11.8. The van der Waals surface area contributed by atoms with Crippen molar-refractivity contribution in [3.8, 4) is 5.75 Å². The van der Waals surface area contributed by atoms with Gasteiger partial charge in [0.05, 0.1) is 6.42 Å². The van der Waals surface area contributed by atoms with Crippen molar-refractivity contribution >= 4 is 23.3 Å². The Labute approximate surface area is 197 Å². The highest BCUT2D eigenvalue weighted by atomic mass is 35.5. The fourth-order valence-corrected chi connectivity index (χ4v) is 3.26. The highest BCUT2D eigenvalue weighted by Crippen LogP contribution is 2.24. The Hall–Kier alpha value is -3.64. The van der Waals surface area contributed by atoms with Gasteiger partial charge in [-0.1, -0.05) is 54.1 Å². The summed E-state index contributed by atoms with van der Waals surface area (Å²) in [5.74, 6) is 0.180. The van der Waals surface area contributed by atoms with Gasteiger partial charge in [0.15, 0.2) is 0 Å². The number of rotatable bonds is 9. The summed E-state index contributed by atoms with van der Waals surface area (Å²) in [4.78, 5) is 16.0. The maximum Gasteiger partial charge on any atom is 0.252 e. The van der Waals surface area contributed by atoms with Crippen LogP contribution in [0.2, 0.25) is 5.02 Å². The number of ether oxygens (including phenoxy) is 1. The summed E-state index contributed by atoms with van der Waals surface area (Å²) in [6.45, 7) is 2.55. The van der Waals surface area contributed by atoms with Crippen LogP contribution in [0.1, 0.15) is 23.6 Å². The van der Waals surface area contributed by atoms with Gasteiger partial charge in [0.2, 0.25) is 0 Å². The van der Waals surface area contributed by atoms with E-state index in [2.05, 4.69) is 10.3 Å². The van der Waals surface area contributed by atoms with Crippen LogP contribution in [0, 0.1) is 5.82 Å². The monoisotopic (exact) mass is 465 g/mol. The van der Waals surface area contributed by atoms with Gasteiger partial charge in [-0.15, -0.1) is 0 Å². The fraction of sp³-hybridized carbons (Fsp3) is 0.154. The number of aliphatic imine (C=N–C) groups is 1. The van der Waals surface area contributed by atoms with Crippen LogP contribution in [0.3, 0.4) is 0 Å². The van der Waals surface area contributed by atoms with E-state index in [0.717, 1.165) is 22.4 Å². The lowest BCUT2D eigenvalue weighted by molar-refractivity contribution is -0.117. The molecule has 3 rings (SSSR count). The molecule has 3 aromatic carbocycles. The van der Waals surface area contributed by atoms with Crippen molar-refractivity contribution in [2.75, 3.05) is 0 Å². The molecule has 0 aliphatic carbocycles. The molecule has 0 unspecified atom stereocenters. The molecule has 5 nitrogen and oxygen atoms in total. The molecule has 0 heterocycles. The van der Waals surface area contributed by atoms with Gasteiger partial charge < -0.3 is 15.8 Å². The average molecular weight is 466 g/mol. The molecule has 1 amide bonds. The van der Waals surface area contributed by atoms with Crippen LogP contribution >= 0.6 is 11.6 Å². The Kier molecular flexibility index (Phi) is 8.61. The molecule has 0 fully saturated rings. The predicted molar refractivity (Wildman–Crippen MR) is 130 cm³/mol. The Morgan fingerprint density at radius 3 is 2.55 bits per heavy atom. The highest BCUT2D eigenvalue weighted by Gasteiger charge is 2.07. The lowest BCUT2D eigenvalue weighted by atomic mass is 10.1. The average Bonchev–Trinajstić information content (AvgIpc) is 2.78. The first-order chi connectivity index (χ1) is 15.9. The number of halogens is 2. The van der Waals surface area contributed by atoms with Crippen molar-refractivity contribution in [1.29, 1.82) is 0 Å². The Balaban J connectivity index is 1.59. The predicted octanol–water partition coefficient (Wildman–Crippen LogP) is 5.18. The van der Waals surface area contributed by atoms with E-state index in [4.69, 9.17) is 22.1 Å². The molecule has 0 atom stereocenters. The fourth-order valence-electron chi connectivity index (χ4n) is 3.06. The molecule has 33 heavy (non-hydrogen) atoms. The summed E-state index contributed by atoms with van der Waals surface area (Å²) in [5.41, 5.74) is 9.22. The molecule has 0 radical (unpaired) electrons.